The number of aryl methyl sites for hydroxylation is 1. The highest BCUT2D eigenvalue weighted by Crippen LogP contribution is 2.16. The Kier molecular flexibility index (Phi) is 4.83. The molecule has 0 radical (unpaired) electrons. The Hall–Kier alpha value is -2.37. The number of amides is 3. The van der Waals surface area contributed by atoms with E-state index in [0.29, 0.717) is 31.5 Å². The number of hydrogen-bond acceptors (Lipinski definition) is 3. The van der Waals surface area contributed by atoms with Crippen molar-refractivity contribution in [3.63, 3.8) is 0 Å². The summed E-state index contributed by atoms with van der Waals surface area (Å²) in [4.78, 5) is 37.7. The third-order valence-corrected chi connectivity index (χ3v) is 4.71. The second-order valence-corrected chi connectivity index (χ2v) is 6.60. The van der Waals surface area contributed by atoms with Crippen molar-refractivity contribution < 1.29 is 14.4 Å². The molecule has 2 saturated heterocycles. The Morgan fingerprint density at radius 1 is 1.21 bits per heavy atom. The molecule has 2 aliphatic heterocycles. The topological polar surface area (TPSA) is 78.5 Å². The molecule has 24 heavy (non-hydrogen) atoms. The van der Waals surface area contributed by atoms with Crippen molar-refractivity contribution >= 4 is 17.7 Å². The van der Waals surface area contributed by atoms with Gasteiger partial charge in [-0.05, 0) is 38.3 Å². The minimum Gasteiger partial charge on any atom is -0.351 e. The van der Waals surface area contributed by atoms with Gasteiger partial charge in [0.25, 0.3) is 5.91 Å². The summed E-state index contributed by atoms with van der Waals surface area (Å²) in [7, 11) is 0. The lowest BCUT2D eigenvalue weighted by Gasteiger charge is -2.33. The van der Waals surface area contributed by atoms with Crippen molar-refractivity contribution in [3.8, 4) is 0 Å². The van der Waals surface area contributed by atoms with Crippen LogP contribution in [0.15, 0.2) is 24.3 Å². The van der Waals surface area contributed by atoms with E-state index in [-0.39, 0.29) is 23.8 Å². The van der Waals surface area contributed by atoms with E-state index in [9.17, 15) is 14.4 Å². The van der Waals surface area contributed by atoms with Gasteiger partial charge in [-0.2, -0.15) is 0 Å². The largest absolute Gasteiger partial charge is 0.351 e. The van der Waals surface area contributed by atoms with E-state index in [0.717, 1.165) is 18.4 Å². The Bertz CT molecular complexity index is 651. The third-order valence-electron chi connectivity index (χ3n) is 4.71. The molecule has 2 N–H and O–H groups in total. The van der Waals surface area contributed by atoms with E-state index in [2.05, 4.69) is 10.6 Å². The molecule has 0 spiro atoms. The first-order valence-electron chi connectivity index (χ1n) is 8.48. The number of nitrogens with zero attached hydrogens (tertiary/aromatic N) is 1. The summed E-state index contributed by atoms with van der Waals surface area (Å²) >= 11 is 0. The number of benzene rings is 1. The summed E-state index contributed by atoms with van der Waals surface area (Å²) in [6.45, 7) is 3.24. The van der Waals surface area contributed by atoms with Crippen LogP contribution in [0.4, 0.5) is 0 Å². The van der Waals surface area contributed by atoms with E-state index < -0.39 is 6.04 Å². The van der Waals surface area contributed by atoms with Crippen LogP contribution in [0.1, 0.15) is 41.6 Å². The molecule has 128 valence electrons. The molecule has 2 aliphatic rings. The molecular formula is C18H23N3O3. The number of rotatable bonds is 3. The van der Waals surface area contributed by atoms with Gasteiger partial charge in [-0.1, -0.05) is 17.7 Å². The lowest BCUT2D eigenvalue weighted by molar-refractivity contribution is -0.126. The number of nitrogens with one attached hydrogen (secondary N) is 2. The van der Waals surface area contributed by atoms with Gasteiger partial charge < -0.3 is 15.5 Å². The van der Waals surface area contributed by atoms with Gasteiger partial charge in [0.05, 0.1) is 0 Å². The molecule has 6 heteroatoms. The van der Waals surface area contributed by atoms with Crippen LogP contribution in [0.5, 0.6) is 0 Å². The summed E-state index contributed by atoms with van der Waals surface area (Å²) in [5.74, 6) is -0.121. The van der Waals surface area contributed by atoms with Crippen molar-refractivity contribution in [1.29, 1.82) is 0 Å². The Morgan fingerprint density at radius 2 is 1.96 bits per heavy atom. The molecule has 0 saturated carbocycles. The molecule has 1 aromatic carbocycles. The van der Waals surface area contributed by atoms with Crippen LogP contribution in [0, 0.1) is 6.92 Å². The third kappa shape index (κ3) is 3.75. The van der Waals surface area contributed by atoms with Gasteiger partial charge in [-0.15, -0.1) is 0 Å². The first-order valence-corrected chi connectivity index (χ1v) is 8.48. The van der Waals surface area contributed by atoms with Crippen molar-refractivity contribution in [2.45, 2.75) is 44.7 Å². The summed E-state index contributed by atoms with van der Waals surface area (Å²) in [6, 6.07) is 7.28. The average molecular weight is 329 g/mol. The molecule has 3 amide bonds. The van der Waals surface area contributed by atoms with Gasteiger partial charge in [-0.3, -0.25) is 14.4 Å². The minimum atomic E-state index is -0.399. The van der Waals surface area contributed by atoms with Gasteiger partial charge in [0.15, 0.2) is 0 Å². The molecule has 1 atom stereocenters. The van der Waals surface area contributed by atoms with Gasteiger partial charge in [0, 0.05) is 31.1 Å². The summed E-state index contributed by atoms with van der Waals surface area (Å²) in [5, 5.41) is 5.68. The SMILES string of the molecule is Cc1cccc(C(=O)N2CCC(NC(=O)C3CCC(=O)N3)CC2)c1. The standard InChI is InChI=1S/C18H23N3O3/c1-12-3-2-4-13(11-12)18(24)21-9-7-14(8-10-21)19-17(23)15-5-6-16(22)20-15/h2-4,11,14-15H,5-10H2,1H3,(H,19,23)(H,20,22). The van der Waals surface area contributed by atoms with Gasteiger partial charge in [-0.25, -0.2) is 0 Å². The molecule has 0 aliphatic carbocycles. The molecule has 1 unspecified atom stereocenters. The second-order valence-electron chi connectivity index (χ2n) is 6.60. The van der Waals surface area contributed by atoms with Gasteiger partial charge in [0.2, 0.25) is 11.8 Å². The van der Waals surface area contributed by atoms with Crippen LogP contribution < -0.4 is 10.6 Å². The summed E-state index contributed by atoms with van der Waals surface area (Å²) < 4.78 is 0. The van der Waals surface area contributed by atoms with Gasteiger partial charge >= 0.3 is 0 Å². The highest BCUT2D eigenvalue weighted by atomic mass is 16.2. The molecule has 1 aromatic rings. The van der Waals surface area contributed by atoms with Crippen LogP contribution >= 0.6 is 0 Å². The zero-order valence-electron chi connectivity index (χ0n) is 13.9. The van der Waals surface area contributed by atoms with Crippen LogP contribution in [0.3, 0.4) is 0 Å². The van der Waals surface area contributed by atoms with E-state index in [1.165, 1.54) is 0 Å². The molecular weight excluding hydrogens is 306 g/mol. The fraction of sp³-hybridized carbons (Fsp3) is 0.500. The van der Waals surface area contributed by atoms with E-state index in [1.54, 1.807) is 0 Å². The van der Waals surface area contributed by atoms with Crippen molar-refractivity contribution in [2.24, 2.45) is 0 Å². The van der Waals surface area contributed by atoms with Crippen LogP contribution in [-0.2, 0) is 9.59 Å². The van der Waals surface area contributed by atoms with E-state index in [4.69, 9.17) is 0 Å². The zero-order valence-corrected chi connectivity index (χ0v) is 13.9. The second kappa shape index (κ2) is 7.03. The molecule has 3 rings (SSSR count). The summed E-state index contributed by atoms with van der Waals surface area (Å²) in [5.41, 5.74) is 1.78. The van der Waals surface area contributed by atoms with Crippen molar-refractivity contribution in [2.75, 3.05) is 13.1 Å². The molecule has 2 heterocycles. The number of piperidine rings is 1. The lowest BCUT2D eigenvalue weighted by Crippen LogP contribution is -2.50. The Labute approximate surface area is 141 Å². The molecule has 0 aromatic heterocycles. The van der Waals surface area contributed by atoms with Crippen LogP contribution in [0.25, 0.3) is 0 Å². The number of carbonyl (C=O) groups excluding carboxylic acids is 3. The average Bonchev–Trinajstić information content (AvgIpc) is 3.01. The smallest absolute Gasteiger partial charge is 0.253 e. The first-order chi connectivity index (χ1) is 11.5. The quantitative estimate of drug-likeness (QED) is 0.868. The van der Waals surface area contributed by atoms with Crippen molar-refractivity contribution in [3.05, 3.63) is 35.4 Å². The molecule has 2 fully saturated rings. The maximum Gasteiger partial charge on any atom is 0.253 e. The zero-order chi connectivity index (χ0) is 17.1. The Morgan fingerprint density at radius 3 is 2.58 bits per heavy atom. The highest BCUT2D eigenvalue weighted by Gasteiger charge is 2.30. The number of carbonyl (C=O) groups is 3. The fourth-order valence-electron chi connectivity index (χ4n) is 3.30. The van der Waals surface area contributed by atoms with Gasteiger partial charge in [0.1, 0.15) is 6.04 Å². The maximum absolute atomic E-state index is 12.5. The first kappa shape index (κ1) is 16.5. The number of hydrogen-bond donors (Lipinski definition) is 2. The molecule has 6 nitrogen and oxygen atoms in total. The monoisotopic (exact) mass is 329 g/mol. The number of likely N-dealkylation sites (tertiary alicyclic amines) is 1. The lowest BCUT2D eigenvalue weighted by atomic mass is 10.0. The highest BCUT2D eigenvalue weighted by molar-refractivity contribution is 5.94. The van der Waals surface area contributed by atoms with E-state index in [1.807, 2.05) is 36.1 Å². The minimum absolute atomic E-state index is 0.0477. The fourth-order valence-corrected chi connectivity index (χ4v) is 3.30. The van der Waals surface area contributed by atoms with E-state index >= 15 is 0 Å². The van der Waals surface area contributed by atoms with Crippen LogP contribution in [-0.4, -0.2) is 47.8 Å². The normalized spacial score (nSPS) is 21.5. The predicted octanol–water partition coefficient (Wildman–Crippen LogP) is 0.994. The predicted molar refractivity (Wildman–Crippen MR) is 89.4 cm³/mol. The molecule has 0 bridgehead atoms. The van der Waals surface area contributed by atoms with Crippen molar-refractivity contribution in [1.82, 2.24) is 15.5 Å². The summed E-state index contributed by atoms with van der Waals surface area (Å²) in [6.07, 6.45) is 2.46. The Balaban J connectivity index is 1.49. The maximum atomic E-state index is 12.5. The van der Waals surface area contributed by atoms with Crippen LogP contribution in [0.2, 0.25) is 0 Å².